The predicted molar refractivity (Wildman–Crippen MR) is 158 cm³/mol. The fourth-order valence-corrected chi connectivity index (χ4v) is 4.20. The van der Waals surface area contributed by atoms with Crippen molar-refractivity contribution in [1.82, 2.24) is 0 Å². The molecule has 0 unspecified atom stereocenters. The minimum Gasteiger partial charge on any atom is -0.491 e. The van der Waals surface area contributed by atoms with E-state index in [0.717, 1.165) is 10.0 Å². The van der Waals surface area contributed by atoms with E-state index in [1.165, 1.54) is 6.08 Å². The molecule has 0 aliphatic rings. The third-order valence-corrected chi connectivity index (χ3v) is 6.54. The average molecular weight is 597 g/mol. The van der Waals surface area contributed by atoms with E-state index in [0.29, 0.717) is 35.7 Å². The van der Waals surface area contributed by atoms with Gasteiger partial charge in [-0.2, -0.15) is 0 Å². The van der Waals surface area contributed by atoms with Gasteiger partial charge >= 0.3 is 6.09 Å². The van der Waals surface area contributed by atoms with Crippen molar-refractivity contribution in [2.24, 2.45) is 5.41 Å². The van der Waals surface area contributed by atoms with Crippen molar-refractivity contribution in [3.05, 3.63) is 95.0 Å². The summed E-state index contributed by atoms with van der Waals surface area (Å²) in [6.07, 6.45) is 3.31. The van der Waals surface area contributed by atoms with Crippen LogP contribution in [0.1, 0.15) is 38.4 Å². The molecular formula is C30H34BrN3O5. The first-order chi connectivity index (χ1) is 18.7. The lowest BCUT2D eigenvalue weighted by atomic mass is 9.78. The number of benzene rings is 3. The van der Waals surface area contributed by atoms with Crippen molar-refractivity contribution in [3.63, 3.8) is 0 Å². The second-order valence-electron chi connectivity index (χ2n) is 9.56. The van der Waals surface area contributed by atoms with Crippen molar-refractivity contribution < 1.29 is 24.2 Å². The smallest absolute Gasteiger partial charge is 0.412 e. The Labute approximate surface area is 237 Å². The van der Waals surface area contributed by atoms with Gasteiger partial charge in [0.05, 0.1) is 18.0 Å². The van der Waals surface area contributed by atoms with Crippen LogP contribution in [-0.2, 0) is 9.53 Å². The molecule has 0 aliphatic carbocycles. The molecule has 3 aromatic carbocycles. The first kappa shape index (κ1) is 29.7. The Bertz CT molecular complexity index is 1260. The minimum absolute atomic E-state index is 0.0823. The molecule has 3 rings (SSSR count). The fourth-order valence-electron chi connectivity index (χ4n) is 3.93. The summed E-state index contributed by atoms with van der Waals surface area (Å²) < 4.78 is 12.3. The van der Waals surface area contributed by atoms with Crippen molar-refractivity contribution in [3.8, 4) is 5.75 Å². The van der Waals surface area contributed by atoms with E-state index in [2.05, 4.69) is 26.6 Å². The van der Waals surface area contributed by atoms with Gasteiger partial charge in [0, 0.05) is 15.6 Å². The number of nitrogens with one attached hydrogen (secondary N) is 2. The highest BCUT2D eigenvalue weighted by Crippen LogP contribution is 2.41. The Morgan fingerprint density at radius 2 is 1.72 bits per heavy atom. The van der Waals surface area contributed by atoms with Crippen LogP contribution in [0.3, 0.4) is 0 Å². The number of aliphatic hydroxyl groups is 1. The second kappa shape index (κ2) is 14.4. The number of para-hydroxylation sites is 2. The Balaban J connectivity index is 1.69. The van der Waals surface area contributed by atoms with Crippen LogP contribution in [0.2, 0.25) is 0 Å². The summed E-state index contributed by atoms with van der Waals surface area (Å²) >= 11 is 3.38. The van der Waals surface area contributed by atoms with Gasteiger partial charge in [-0.15, -0.1) is 0 Å². The van der Waals surface area contributed by atoms with Gasteiger partial charge in [-0.3, -0.25) is 10.1 Å². The SMILES string of the molecule is CC(C)(CC/C=C/C(=O)Nc1ccccc1N)[C@@H](OC(=O)Nc1ccc(Br)cc1)c1ccc(OCCO)cc1. The number of nitrogens with two attached hydrogens (primary N) is 1. The summed E-state index contributed by atoms with van der Waals surface area (Å²) in [6, 6.07) is 21.5. The van der Waals surface area contributed by atoms with E-state index in [1.807, 2.05) is 38.1 Å². The summed E-state index contributed by atoms with van der Waals surface area (Å²) in [6.45, 7) is 4.14. The Morgan fingerprint density at radius 3 is 2.38 bits per heavy atom. The molecule has 39 heavy (non-hydrogen) atoms. The van der Waals surface area contributed by atoms with Gasteiger partial charge in [0.1, 0.15) is 18.5 Å². The maximum absolute atomic E-state index is 12.9. The van der Waals surface area contributed by atoms with Gasteiger partial charge in [0.15, 0.2) is 0 Å². The number of anilines is 3. The molecular weight excluding hydrogens is 562 g/mol. The molecule has 0 spiro atoms. The molecule has 9 heteroatoms. The lowest BCUT2D eigenvalue weighted by Gasteiger charge is -2.34. The zero-order valence-corrected chi connectivity index (χ0v) is 23.6. The number of allylic oxidation sites excluding steroid dienone is 1. The average Bonchev–Trinajstić information content (AvgIpc) is 2.91. The Hall–Kier alpha value is -3.82. The van der Waals surface area contributed by atoms with E-state index in [1.54, 1.807) is 54.6 Å². The highest BCUT2D eigenvalue weighted by molar-refractivity contribution is 9.10. The van der Waals surface area contributed by atoms with Crippen molar-refractivity contribution >= 4 is 45.0 Å². The van der Waals surface area contributed by atoms with E-state index in [4.69, 9.17) is 20.3 Å². The lowest BCUT2D eigenvalue weighted by molar-refractivity contribution is -0.111. The van der Waals surface area contributed by atoms with Crippen LogP contribution in [0.25, 0.3) is 0 Å². The molecule has 8 nitrogen and oxygen atoms in total. The molecule has 5 N–H and O–H groups in total. The van der Waals surface area contributed by atoms with Crippen molar-refractivity contribution in [2.75, 3.05) is 29.6 Å². The zero-order valence-electron chi connectivity index (χ0n) is 22.0. The standard InChI is InChI=1S/C30H34BrN3O5/c1-30(2,18-6-5-9-27(36)34-26-8-4-3-7-25(26)32)28(21-10-16-24(17-11-21)38-20-19-35)39-29(37)33-23-14-12-22(31)13-15-23/h3-5,7-17,28,35H,6,18-20,32H2,1-2H3,(H,33,37)(H,34,36)/b9-5+/t28-/m0/s1. The van der Waals surface area contributed by atoms with Gasteiger partial charge in [-0.05, 0) is 73.0 Å². The van der Waals surface area contributed by atoms with Crippen LogP contribution in [0.15, 0.2) is 89.4 Å². The highest BCUT2D eigenvalue weighted by Gasteiger charge is 2.34. The topological polar surface area (TPSA) is 123 Å². The van der Waals surface area contributed by atoms with Gasteiger partial charge in [-0.25, -0.2) is 4.79 Å². The maximum Gasteiger partial charge on any atom is 0.412 e. The molecule has 0 fully saturated rings. The highest BCUT2D eigenvalue weighted by atomic mass is 79.9. The van der Waals surface area contributed by atoms with Crippen molar-refractivity contribution in [1.29, 1.82) is 0 Å². The molecule has 0 bridgehead atoms. The number of ether oxygens (including phenoxy) is 2. The number of hydrogen-bond donors (Lipinski definition) is 4. The van der Waals surface area contributed by atoms with Crippen LogP contribution in [0.4, 0.5) is 21.9 Å². The Morgan fingerprint density at radius 1 is 1.03 bits per heavy atom. The number of nitrogen functional groups attached to an aromatic ring is 1. The number of carbonyl (C=O) groups excluding carboxylic acids is 2. The van der Waals surface area contributed by atoms with E-state index in [-0.39, 0.29) is 19.1 Å². The van der Waals surface area contributed by atoms with Crippen LogP contribution in [0.5, 0.6) is 5.75 Å². The van der Waals surface area contributed by atoms with E-state index >= 15 is 0 Å². The molecule has 0 saturated carbocycles. The normalized spacial score (nSPS) is 12.1. The monoisotopic (exact) mass is 595 g/mol. The quantitative estimate of drug-likeness (QED) is 0.136. The van der Waals surface area contributed by atoms with Crippen LogP contribution in [0, 0.1) is 5.41 Å². The molecule has 0 saturated heterocycles. The summed E-state index contributed by atoms with van der Waals surface area (Å²) in [7, 11) is 0. The summed E-state index contributed by atoms with van der Waals surface area (Å²) in [5, 5.41) is 14.6. The number of hydrogen-bond acceptors (Lipinski definition) is 6. The second-order valence-corrected chi connectivity index (χ2v) is 10.5. The summed E-state index contributed by atoms with van der Waals surface area (Å²) in [5.74, 6) is 0.336. The molecule has 0 aliphatic heterocycles. The van der Waals surface area contributed by atoms with E-state index in [9.17, 15) is 9.59 Å². The van der Waals surface area contributed by atoms with Crippen LogP contribution < -0.4 is 21.1 Å². The molecule has 0 aromatic heterocycles. The largest absolute Gasteiger partial charge is 0.491 e. The van der Waals surface area contributed by atoms with Gasteiger partial charge < -0.3 is 25.6 Å². The number of carbonyl (C=O) groups is 2. The maximum atomic E-state index is 12.9. The first-order valence-electron chi connectivity index (χ1n) is 12.6. The number of amides is 2. The fraction of sp³-hybridized carbons (Fsp3) is 0.267. The van der Waals surface area contributed by atoms with Crippen molar-refractivity contribution in [2.45, 2.75) is 32.8 Å². The lowest BCUT2D eigenvalue weighted by Crippen LogP contribution is -2.29. The van der Waals surface area contributed by atoms with Crippen LogP contribution in [-0.4, -0.2) is 30.3 Å². The van der Waals surface area contributed by atoms with E-state index < -0.39 is 17.6 Å². The van der Waals surface area contributed by atoms with Gasteiger partial charge in [0.25, 0.3) is 0 Å². The van der Waals surface area contributed by atoms with Crippen LogP contribution >= 0.6 is 15.9 Å². The predicted octanol–water partition coefficient (Wildman–Crippen LogP) is 6.69. The molecule has 0 heterocycles. The molecule has 0 radical (unpaired) electrons. The first-order valence-corrected chi connectivity index (χ1v) is 13.4. The van der Waals surface area contributed by atoms with Gasteiger partial charge in [-0.1, -0.05) is 60.1 Å². The zero-order chi connectivity index (χ0) is 28.3. The number of rotatable bonds is 12. The number of halogens is 1. The van der Waals surface area contributed by atoms with Gasteiger partial charge in [0.2, 0.25) is 5.91 Å². The number of aliphatic hydroxyl groups excluding tert-OH is 1. The molecule has 3 aromatic rings. The summed E-state index contributed by atoms with van der Waals surface area (Å²) in [5.41, 5.74) is 7.86. The molecule has 206 valence electrons. The summed E-state index contributed by atoms with van der Waals surface area (Å²) in [4.78, 5) is 25.2. The molecule has 2 amide bonds. The third-order valence-electron chi connectivity index (χ3n) is 6.01. The minimum atomic E-state index is -0.591. The third kappa shape index (κ3) is 9.46. The Kier molecular flexibility index (Phi) is 11.0. The molecule has 1 atom stereocenters.